The Morgan fingerprint density at radius 2 is 1.74 bits per heavy atom. The van der Waals surface area contributed by atoms with Crippen LogP contribution in [0, 0.1) is 5.41 Å². The van der Waals surface area contributed by atoms with Crippen molar-refractivity contribution in [1.29, 1.82) is 0 Å². The molecule has 0 bridgehead atoms. The molecule has 212 valence electrons. The zero-order chi connectivity index (χ0) is 29.0. The molecular formula is C29H30F6O3S. The summed E-state index contributed by atoms with van der Waals surface area (Å²) in [7, 11) is 0. The van der Waals surface area contributed by atoms with Crippen LogP contribution >= 0.6 is 11.8 Å². The number of ether oxygens (including phenoxy) is 1. The number of hydrogen-bond donors (Lipinski definition) is 0. The van der Waals surface area contributed by atoms with E-state index in [1.54, 1.807) is 18.2 Å². The number of rotatable bonds is 11. The van der Waals surface area contributed by atoms with Gasteiger partial charge in [0.25, 0.3) is 0 Å². The van der Waals surface area contributed by atoms with Crippen LogP contribution in [0.15, 0.2) is 63.9 Å². The lowest BCUT2D eigenvalue weighted by Crippen LogP contribution is -2.42. The lowest BCUT2D eigenvalue weighted by molar-refractivity contribution is -0.223. The van der Waals surface area contributed by atoms with Gasteiger partial charge in [-0.05, 0) is 62.6 Å². The summed E-state index contributed by atoms with van der Waals surface area (Å²) in [5, 5.41) is 0.517. The van der Waals surface area contributed by atoms with Crippen molar-refractivity contribution >= 4 is 28.7 Å². The smallest absolute Gasteiger partial charge is 0.417 e. The zero-order valence-electron chi connectivity index (χ0n) is 21.9. The predicted octanol–water partition coefficient (Wildman–Crippen LogP) is 9.63. The molecular weight excluding hydrogens is 542 g/mol. The number of aryl methyl sites for hydroxylation is 1. The van der Waals surface area contributed by atoms with E-state index in [4.69, 9.17) is 9.15 Å². The van der Waals surface area contributed by atoms with Crippen molar-refractivity contribution in [3.63, 3.8) is 0 Å². The second-order valence-electron chi connectivity index (χ2n) is 9.85. The summed E-state index contributed by atoms with van der Waals surface area (Å²) in [5.41, 5.74) is -2.40. The van der Waals surface area contributed by atoms with Crippen LogP contribution in [0.4, 0.5) is 26.3 Å². The second kappa shape index (κ2) is 12.1. The molecule has 3 rings (SSSR count). The Hall–Kier alpha value is -2.88. The number of halogens is 6. The largest absolute Gasteiger partial charge is 0.461 e. The van der Waals surface area contributed by atoms with Gasteiger partial charge < -0.3 is 9.15 Å². The molecule has 0 aliphatic heterocycles. The van der Waals surface area contributed by atoms with E-state index in [-0.39, 0.29) is 22.5 Å². The highest BCUT2D eigenvalue weighted by Crippen LogP contribution is 2.44. The van der Waals surface area contributed by atoms with Gasteiger partial charge >= 0.3 is 18.3 Å². The van der Waals surface area contributed by atoms with E-state index in [9.17, 15) is 31.1 Å². The number of carbonyl (C=O) groups excluding carboxylic acids is 1. The molecule has 0 fully saturated rings. The van der Waals surface area contributed by atoms with Crippen molar-refractivity contribution in [3.05, 3.63) is 65.7 Å². The minimum Gasteiger partial charge on any atom is -0.461 e. The summed E-state index contributed by atoms with van der Waals surface area (Å²) in [5.74, 6) is -1.35. The van der Waals surface area contributed by atoms with Crippen molar-refractivity contribution in [3.8, 4) is 11.3 Å². The fourth-order valence-electron chi connectivity index (χ4n) is 3.81. The fraction of sp³-hybridized carbons (Fsp3) is 0.414. The maximum atomic E-state index is 13.9. The standard InChI is InChI=1S/C29H30F6O3S/c1-5-6-7-8-19-9-12-22(23(13-19)28(30,31)32)25-14-20-10-11-21(15-24(20)38-25)39-17-27(4,29(33,34)35)16-37-26(36)18(2)3/h9-15H,2,5-8,16-17H2,1,3-4H3. The van der Waals surface area contributed by atoms with Crippen molar-refractivity contribution in [1.82, 2.24) is 0 Å². The van der Waals surface area contributed by atoms with E-state index in [2.05, 4.69) is 6.58 Å². The monoisotopic (exact) mass is 572 g/mol. The molecule has 1 heterocycles. The molecule has 0 amide bonds. The van der Waals surface area contributed by atoms with Gasteiger partial charge in [0.2, 0.25) is 0 Å². The number of esters is 1. The zero-order valence-corrected chi connectivity index (χ0v) is 22.7. The predicted molar refractivity (Wildman–Crippen MR) is 141 cm³/mol. The minimum atomic E-state index is -4.66. The molecule has 3 nitrogen and oxygen atoms in total. The topological polar surface area (TPSA) is 39.4 Å². The molecule has 2 aromatic carbocycles. The summed E-state index contributed by atoms with van der Waals surface area (Å²) in [6.07, 6.45) is -6.03. The van der Waals surface area contributed by atoms with Crippen molar-refractivity contribution < 1.29 is 40.3 Å². The van der Waals surface area contributed by atoms with E-state index >= 15 is 0 Å². The molecule has 0 spiro atoms. The van der Waals surface area contributed by atoms with Gasteiger partial charge in [0.15, 0.2) is 0 Å². The van der Waals surface area contributed by atoms with Crippen LogP contribution in [-0.4, -0.2) is 24.5 Å². The highest BCUT2D eigenvalue weighted by molar-refractivity contribution is 7.99. The van der Waals surface area contributed by atoms with Gasteiger partial charge in [-0.1, -0.05) is 38.5 Å². The van der Waals surface area contributed by atoms with Gasteiger partial charge in [-0.2, -0.15) is 26.3 Å². The van der Waals surface area contributed by atoms with Gasteiger partial charge in [-0.15, -0.1) is 11.8 Å². The number of fused-ring (bicyclic) bond motifs is 1. The summed E-state index contributed by atoms with van der Waals surface area (Å²) in [4.78, 5) is 12.1. The lowest BCUT2D eigenvalue weighted by atomic mass is 9.94. The summed E-state index contributed by atoms with van der Waals surface area (Å²) in [6.45, 7) is 6.81. The SMILES string of the molecule is C=C(C)C(=O)OCC(C)(CSc1ccc2cc(-c3ccc(CCCCC)cc3C(F)(F)F)oc2c1)C(F)(F)F. The highest BCUT2D eigenvalue weighted by Gasteiger charge is 2.52. The van der Waals surface area contributed by atoms with Gasteiger partial charge in [-0.25, -0.2) is 4.79 Å². The van der Waals surface area contributed by atoms with Gasteiger partial charge in [0.1, 0.15) is 23.4 Å². The van der Waals surface area contributed by atoms with E-state index in [0.717, 1.165) is 44.0 Å². The molecule has 0 N–H and O–H groups in total. The Morgan fingerprint density at radius 3 is 2.36 bits per heavy atom. The molecule has 0 radical (unpaired) electrons. The highest BCUT2D eigenvalue weighted by atomic mass is 32.2. The lowest BCUT2D eigenvalue weighted by Gasteiger charge is -2.31. The summed E-state index contributed by atoms with van der Waals surface area (Å²) in [6, 6.07) is 10.4. The Morgan fingerprint density at radius 1 is 1.03 bits per heavy atom. The maximum Gasteiger partial charge on any atom is 0.417 e. The first-order valence-corrected chi connectivity index (χ1v) is 13.4. The molecule has 1 unspecified atom stereocenters. The third kappa shape index (κ3) is 7.62. The minimum absolute atomic E-state index is 0.00827. The van der Waals surface area contributed by atoms with E-state index in [0.29, 0.717) is 22.3 Å². The Kier molecular flexibility index (Phi) is 9.51. The maximum absolute atomic E-state index is 13.9. The van der Waals surface area contributed by atoms with E-state index in [1.165, 1.54) is 25.1 Å². The number of benzene rings is 2. The fourth-order valence-corrected chi connectivity index (χ4v) is 4.89. The number of furan rings is 1. The average molecular weight is 573 g/mol. The van der Waals surface area contributed by atoms with Gasteiger partial charge in [0, 0.05) is 27.2 Å². The number of unbranched alkanes of at least 4 members (excludes halogenated alkanes) is 2. The third-order valence-electron chi connectivity index (χ3n) is 6.33. The first kappa shape index (κ1) is 30.7. The van der Waals surface area contributed by atoms with Crippen LogP contribution < -0.4 is 0 Å². The Balaban J connectivity index is 1.85. The molecule has 1 aromatic heterocycles. The van der Waals surface area contributed by atoms with Crippen LogP contribution in [0.25, 0.3) is 22.3 Å². The number of hydrogen-bond acceptors (Lipinski definition) is 4. The average Bonchev–Trinajstić information content (AvgIpc) is 3.28. The first-order valence-electron chi connectivity index (χ1n) is 12.4. The normalized spacial score (nSPS) is 13.9. The molecule has 1 atom stereocenters. The van der Waals surface area contributed by atoms with Gasteiger partial charge in [-0.3, -0.25) is 0 Å². The molecule has 0 saturated carbocycles. The van der Waals surface area contributed by atoms with Crippen LogP contribution in [-0.2, 0) is 22.1 Å². The van der Waals surface area contributed by atoms with E-state index in [1.807, 2.05) is 6.92 Å². The van der Waals surface area contributed by atoms with Crippen LogP contribution in [0.1, 0.15) is 51.2 Å². The molecule has 3 aromatic rings. The van der Waals surface area contributed by atoms with Crippen LogP contribution in [0.3, 0.4) is 0 Å². The number of carbonyl (C=O) groups is 1. The first-order chi connectivity index (χ1) is 18.1. The number of alkyl halides is 6. The van der Waals surface area contributed by atoms with Crippen molar-refractivity contribution in [2.45, 2.75) is 63.7 Å². The quantitative estimate of drug-likeness (QED) is 0.0754. The Labute approximate surface area is 227 Å². The molecule has 0 aliphatic rings. The van der Waals surface area contributed by atoms with Crippen LogP contribution in [0.5, 0.6) is 0 Å². The summed E-state index contributed by atoms with van der Waals surface area (Å²) < 4.78 is 93.7. The number of thioether (sulfide) groups is 1. The third-order valence-corrected chi connectivity index (χ3v) is 7.70. The van der Waals surface area contributed by atoms with Crippen LogP contribution in [0.2, 0.25) is 0 Å². The molecule has 0 saturated heterocycles. The molecule has 10 heteroatoms. The summed E-state index contributed by atoms with van der Waals surface area (Å²) >= 11 is 0.879. The van der Waals surface area contributed by atoms with Crippen molar-refractivity contribution in [2.75, 3.05) is 12.4 Å². The molecule has 39 heavy (non-hydrogen) atoms. The van der Waals surface area contributed by atoms with Crippen molar-refractivity contribution in [2.24, 2.45) is 5.41 Å². The second-order valence-corrected chi connectivity index (χ2v) is 10.9. The van der Waals surface area contributed by atoms with Gasteiger partial charge in [0.05, 0.1) is 5.56 Å². The van der Waals surface area contributed by atoms with E-state index < -0.39 is 41.7 Å². The molecule has 0 aliphatic carbocycles. The Bertz CT molecular complexity index is 1320.